The van der Waals surface area contributed by atoms with E-state index in [9.17, 15) is 9.18 Å². The third kappa shape index (κ3) is 3.55. The molecule has 2 nitrogen and oxygen atoms in total. The van der Waals surface area contributed by atoms with E-state index in [2.05, 4.69) is 0 Å². The van der Waals surface area contributed by atoms with Gasteiger partial charge in [-0.15, -0.1) is 0 Å². The van der Waals surface area contributed by atoms with E-state index in [1.54, 1.807) is 19.1 Å². The molecule has 0 aliphatic carbocycles. The van der Waals surface area contributed by atoms with Gasteiger partial charge in [-0.25, -0.2) is 4.39 Å². The van der Waals surface area contributed by atoms with Gasteiger partial charge in [-0.3, -0.25) is 4.79 Å². The number of aryl methyl sites for hydroxylation is 1. The van der Waals surface area contributed by atoms with Crippen LogP contribution in [0.1, 0.15) is 25.0 Å². The second-order valence-corrected chi connectivity index (χ2v) is 4.66. The van der Waals surface area contributed by atoms with E-state index >= 15 is 0 Å². The van der Waals surface area contributed by atoms with Crippen molar-refractivity contribution >= 4 is 5.97 Å². The minimum atomic E-state index is -0.215. The predicted molar refractivity (Wildman–Crippen MR) is 65.2 cm³/mol. The highest BCUT2D eigenvalue weighted by molar-refractivity contribution is 5.72. The van der Waals surface area contributed by atoms with Crippen LogP contribution in [0.5, 0.6) is 0 Å². The van der Waals surface area contributed by atoms with Gasteiger partial charge in [0.05, 0.1) is 13.0 Å². The van der Waals surface area contributed by atoms with Crippen molar-refractivity contribution in [1.82, 2.24) is 0 Å². The highest BCUT2D eigenvalue weighted by atomic mass is 19.1. The highest BCUT2D eigenvalue weighted by Gasteiger charge is 2.23. The predicted octanol–water partition coefficient (Wildman–Crippen LogP) is 3.12. The SMILES string of the molecule is COC(=O)C(Cc1ccc(F)c(C)c1)C(C)C. The van der Waals surface area contributed by atoms with Gasteiger partial charge in [0.25, 0.3) is 0 Å². The highest BCUT2D eigenvalue weighted by Crippen LogP contribution is 2.20. The van der Waals surface area contributed by atoms with E-state index in [-0.39, 0.29) is 23.6 Å². The van der Waals surface area contributed by atoms with Crippen LogP contribution < -0.4 is 0 Å². The summed E-state index contributed by atoms with van der Waals surface area (Å²) < 4.78 is 17.9. The molecular formula is C14H19FO2. The van der Waals surface area contributed by atoms with Crippen molar-refractivity contribution in [2.75, 3.05) is 7.11 Å². The van der Waals surface area contributed by atoms with Crippen molar-refractivity contribution in [3.8, 4) is 0 Å². The van der Waals surface area contributed by atoms with E-state index in [4.69, 9.17) is 4.74 Å². The Morgan fingerprint density at radius 1 is 1.41 bits per heavy atom. The molecule has 3 heteroatoms. The Kier molecular flexibility index (Phi) is 4.67. The number of esters is 1. The molecule has 1 unspecified atom stereocenters. The molecule has 0 spiro atoms. The molecule has 1 aromatic carbocycles. The molecule has 1 aromatic rings. The van der Waals surface area contributed by atoms with Gasteiger partial charge in [-0.1, -0.05) is 26.0 Å². The maximum absolute atomic E-state index is 13.1. The van der Waals surface area contributed by atoms with Crippen molar-refractivity contribution in [1.29, 1.82) is 0 Å². The molecule has 0 amide bonds. The number of halogens is 1. The molecule has 0 bridgehead atoms. The van der Waals surface area contributed by atoms with E-state index in [0.717, 1.165) is 5.56 Å². The van der Waals surface area contributed by atoms with Crippen LogP contribution in [-0.2, 0) is 16.0 Å². The van der Waals surface area contributed by atoms with Gasteiger partial charge in [-0.2, -0.15) is 0 Å². The Morgan fingerprint density at radius 3 is 2.53 bits per heavy atom. The zero-order chi connectivity index (χ0) is 13.0. The molecule has 0 fully saturated rings. The summed E-state index contributed by atoms with van der Waals surface area (Å²) >= 11 is 0. The molecule has 0 saturated carbocycles. The number of carbonyl (C=O) groups is 1. The molecule has 0 aromatic heterocycles. The fraction of sp³-hybridized carbons (Fsp3) is 0.500. The molecule has 0 heterocycles. The van der Waals surface area contributed by atoms with Crippen LogP contribution in [0.3, 0.4) is 0 Å². The number of carbonyl (C=O) groups excluding carboxylic acids is 1. The molecule has 0 aliphatic heterocycles. The molecule has 1 atom stereocenters. The maximum Gasteiger partial charge on any atom is 0.309 e. The van der Waals surface area contributed by atoms with Gasteiger partial charge >= 0.3 is 5.97 Å². The molecule has 94 valence electrons. The van der Waals surface area contributed by atoms with Crippen LogP contribution in [0.15, 0.2) is 18.2 Å². The number of benzene rings is 1. The van der Waals surface area contributed by atoms with E-state index < -0.39 is 0 Å². The van der Waals surface area contributed by atoms with Gasteiger partial charge in [-0.05, 0) is 36.5 Å². The van der Waals surface area contributed by atoms with Gasteiger partial charge in [0.1, 0.15) is 5.82 Å². The molecule has 0 N–H and O–H groups in total. The van der Waals surface area contributed by atoms with Gasteiger partial charge in [0, 0.05) is 0 Å². The summed E-state index contributed by atoms with van der Waals surface area (Å²) in [4.78, 5) is 11.6. The molecule has 17 heavy (non-hydrogen) atoms. The maximum atomic E-state index is 13.1. The van der Waals surface area contributed by atoms with Crippen molar-refractivity contribution in [3.05, 3.63) is 35.1 Å². The first kappa shape index (κ1) is 13.7. The Balaban J connectivity index is 2.86. The third-order valence-electron chi connectivity index (χ3n) is 2.99. The molecule has 0 aliphatic rings. The molecule has 0 saturated heterocycles. The average Bonchev–Trinajstić information content (AvgIpc) is 2.29. The van der Waals surface area contributed by atoms with Gasteiger partial charge < -0.3 is 4.74 Å². The topological polar surface area (TPSA) is 26.3 Å². The number of methoxy groups -OCH3 is 1. The molecular weight excluding hydrogens is 219 g/mol. The number of rotatable bonds is 4. The van der Waals surface area contributed by atoms with Crippen LogP contribution in [0, 0.1) is 24.6 Å². The Morgan fingerprint density at radius 2 is 2.06 bits per heavy atom. The number of hydrogen-bond donors (Lipinski definition) is 0. The summed E-state index contributed by atoms with van der Waals surface area (Å²) in [6.07, 6.45) is 0.589. The summed E-state index contributed by atoms with van der Waals surface area (Å²) in [5, 5.41) is 0. The lowest BCUT2D eigenvalue weighted by Crippen LogP contribution is -2.24. The van der Waals surface area contributed by atoms with Crippen molar-refractivity contribution in [2.45, 2.75) is 27.2 Å². The summed E-state index contributed by atoms with van der Waals surface area (Å²) in [6, 6.07) is 4.95. The fourth-order valence-electron chi connectivity index (χ4n) is 1.83. The Bertz CT molecular complexity index is 399. The van der Waals surface area contributed by atoms with E-state index in [1.165, 1.54) is 13.2 Å². The lowest BCUT2D eigenvalue weighted by molar-refractivity contribution is -0.146. The largest absolute Gasteiger partial charge is 0.469 e. The minimum Gasteiger partial charge on any atom is -0.469 e. The van der Waals surface area contributed by atoms with Crippen LogP contribution in [0.4, 0.5) is 4.39 Å². The normalized spacial score (nSPS) is 12.6. The lowest BCUT2D eigenvalue weighted by atomic mass is 9.89. The summed E-state index contributed by atoms with van der Waals surface area (Å²) in [7, 11) is 1.40. The number of ether oxygens (including phenoxy) is 1. The minimum absolute atomic E-state index is 0.176. The van der Waals surface area contributed by atoms with Crippen molar-refractivity contribution in [3.63, 3.8) is 0 Å². The van der Waals surface area contributed by atoms with Crippen molar-refractivity contribution in [2.24, 2.45) is 11.8 Å². The standard InChI is InChI=1S/C14H19FO2/c1-9(2)12(14(16)17-4)8-11-5-6-13(15)10(3)7-11/h5-7,9,12H,8H2,1-4H3. The Labute approximate surface area is 102 Å². The zero-order valence-electron chi connectivity index (χ0n) is 10.8. The van der Waals surface area contributed by atoms with Crippen molar-refractivity contribution < 1.29 is 13.9 Å². The lowest BCUT2D eigenvalue weighted by Gasteiger charge is -2.18. The third-order valence-corrected chi connectivity index (χ3v) is 2.99. The average molecular weight is 238 g/mol. The van der Waals surface area contributed by atoms with Gasteiger partial charge in [0.2, 0.25) is 0 Å². The van der Waals surface area contributed by atoms with Crippen LogP contribution >= 0.6 is 0 Å². The molecule has 1 rings (SSSR count). The van der Waals surface area contributed by atoms with Crippen LogP contribution in [-0.4, -0.2) is 13.1 Å². The summed E-state index contributed by atoms with van der Waals surface area (Å²) in [6.45, 7) is 5.69. The second kappa shape index (κ2) is 5.80. The van der Waals surface area contributed by atoms with Crippen LogP contribution in [0.25, 0.3) is 0 Å². The van der Waals surface area contributed by atoms with Gasteiger partial charge in [0.15, 0.2) is 0 Å². The van der Waals surface area contributed by atoms with Crippen LogP contribution in [0.2, 0.25) is 0 Å². The summed E-state index contributed by atoms with van der Waals surface area (Å²) in [5.74, 6) is -0.396. The first-order valence-corrected chi connectivity index (χ1v) is 5.78. The first-order chi connectivity index (χ1) is 7.95. The number of hydrogen-bond acceptors (Lipinski definition) is 2. The van der Waals surface area contributed by atoms with E-state index in [1.807, 2.05) is 13.8 Å². The Hall–Kier alpha value is -1.38. The first-order valence-electron chi connectivity index (χ1n) is 5.78. The summed E-state index contributed by atoms with van der Waals surface area (Å²) in [5.41, 5.74) is 1.57. The fourth-order valence-corrected chi connectivity index (χ4v) is 1.83. The smallest absolute Gasteiger partial charge is 0.309 e. The zero-order valence-corrected chi connectivity index (χ0v) is 10.8. The second-order valence-electron chi connectivity index (χ2n) is 4.66. The quantitative estimate of drug-likeness (QED) is 0.753. The molecule has 0 radical (unpaired) electrons. The monoisotopic (exact) mass is 238 g/mol. The van der Waals surface area contributed by atoms with E-state index in [0.29, 0.717) is 12.0 Å².